The second-order valence-electron chi connectivity index (χ2n) is 4.24. The molecule has 0 radical (unpaired) electrons. The van der Waals surface area contributed by atoms with Crippen molar-refractivity contribution in [2.45, 2.75) is 6.18 Å². The van der Waals surface area contributed by atoms with Gasteiger partial charge in [-0.1, -0.05) is 0 Å². The Balaban J connectivity index is 2.31. The molecule has 0 atom stereocenters. The SMILES string of the molecule is O=C(Nc1nc(C(F)(F)F)cs1)c1cc([N+](=O)[O-])cc([N+](=O)[O-])c1. The molecule has 1 amide bonds. The van der Waals surface area contributed by atoms with Crippen molar-refractivity contribution >= 4 is 33.8 Å². The summed E-state index contributed by atoms with van der Waals surface area (Å²) in [6.45, 7) is 0. The van der Waals surface area contributed by atoms with Crippen molar-refractivity contribution in [2.75, 3.05) is 5.32 Å². The summed E-state index contributed by atoms with van der Waals surface area (Å²) in [5.74, 6) is -1.06. The Bertz CT molecular complexity index is 803. The third-order valence-electron chi connectivity index (χ3n) is 2.60. The molecular weight excluding hydrogens is 357 g/mol. The molecule has 0 unspecified atom stereocenters. The van der Waals surface area contributed by atoms with E-state index in [-0.39, 0.29) is 0 Å². The normalized spacial score (nSPS) is 11.1. The van der Waals surface area contributed by atoms with Crippen LogP contribution in [0.5, 0.6) is 0 Å². The quantitative estimate of drug-likeness (QED) is 0.657. The number of nitro benzene ring substituents is 2. The number of non-ortho nitro benzene ring substituents is 2. The van der Waals surface area contributed by atoms with Gasteiger partial charge >= 0.3 is 6.18 Å². The van der Waals surface area contributed by atoms with Gasteiger partial charge in [0.2, 0.25) is 0 Å². The van der Waals surface area contributed by atoms with Gasteiger partial charge in [0.15, 0.2) is 10.8 Å². The Hall–Kier alpha value is -3.09. The van der Waals surface area contributed by atoms with Gasteiger partial charge in [-0.25, -0.2) is 4.98 Å². The highest BCUT2D eigenvalue weighted by Crippen LogP contribution is 2.32. The average Bonchev–Trinajstić information content (AvgIpc) is 2.95. The smallest absolute Gasteiger partial charge is 0.298 e. The Morgan fingerprint density at radius 1 is 1.12 bits per heavy atom. The number of benzene rings is 1. The third kappa shape index (κ3) is 3.81. The van der Waals surface area contributed by atoms with Crippen molar-refractivity contribution < 1.29 is 27.8 Å². The molecule has 2 aromatic rings. The molecule has 0 fully saturated rings. The molecule has 0 saturated carbocycles. The number of amides is 1. The largest absolute Gasteiger partial charge is 0.434 e. The van der Waals surface area contributed by atoms with Crippen molar-refractivity contribution in [3.8, 4) is 0 Å². The van der Waals surface area contributed by atoms with E-state index in [1.165, 1.54) is 0 Å². The minimum absolute atomic E-state index is 0.401. The second-order valence-corrected chi connectivity index (χ2v) is 5.10. The second kappa shape index (κ2) is 6.19. The number of rotatable bonds is 4. The molecule has 2 rings (SSSR count). The fraction of sp³-hybridized carbons (Fsp3) is 0.0909. The number of anilines is 1. The monoisotopic (exact) mass is 362 g/mol. The van der Waals surface area contributed by atoms with Crippen LogP contribution in [0.1, 0.15) is 16.1 Å². The number of carbonyl (C=O) groups is 1. The van der Waals surface area contributed by atoms with E-state index < -0.39 is 49.7 Å². The van der Waals surface area contributed by atoms with E-state index in [1.807, 2.05) is 5.32 Å². The van der Waals surface area contributed by atoms with Crippen LogP contribution in [0.2, 0.25) is 0 Å². The number of aromatic nitrogens is 1. The van der Waals surface area contributed by atoms with E-state index in [0.29, 0.717) is 22.8 Å². The Kier molecular flexibility index (Phi) is 4.45. The summed E-state index contributed by atoms with van der Waals surface area (Å²) >= 11 is 0.490. The van der Waals surface area contributed by atoms with Gasteiger partial charge in [-0.2, -0.15) is 13.2 Å². The maximum atomic E-state index is 12.4. The summed E-state index contributed by atoms with van der Waals surface area (Å²) in [6, 6.07) is 2.18. The van der Waals surface area contributed by atoms with Crippen LogP contribution >= 0.6 is 11.3 Å². The first kappa shape index (κ1) is 17.3. The predicted octanol–water partition coefficient (Wildman–Crippen LogP) is 3.23. The van der Waals surface area contributed by atoms with Crippen LogP contribution < -0.4 is 5.32 Å². The number of nitro groups is 2. The highest BCUT2D eigenvalue weighted by molar-refractivity contribution is 7.14. The van der Waals surface area contributed by atoms with Crippen LogP contribution in [0.4, 0.5) is 29.7 Å². The molecule has 1 heterocycles. The molecule has 0 bridgehead atoms. The maximum Gasteiger partial charge on any atom is 0.434 e. The molecule has 0 aliphatic heterocycles. The number of hydrogen-bond acceptors (Lipinski definition) is 7. The first-order valence-electron chi connectivity index (χ1n) is 5.86. The first-order chi connectivity index (χ1) is 11.1. The van der Waals surface area contributed by atoms with E-state index in [1.54, 1.807) is 0 Å². The molecule has 1 aromatic carbocycles. The lowest BCUT2D eigenvalue weighted by Crippen LogP contribution is -2.13. The first-order valence-corrected chi connectivity index (χ1v) is 6.74. The van der Waals surface area contributed by atoms with Gasteiger partial charge in [0.1, 0.15) is 0 Å². The van der Waals surface area contributed by atoms with E-state index in [9.17, 15) is 38.2 Å². The molecule has 1 aromatic heterocycles. The fourth-order valence-electron chi connectivity index (χ4n) is 1.57. The topological polar surface area (TPSA) is 128 Å². The molecule has 0 aliphatic carbocycles. The zero-order valence-corrected chi connectivity index (χ0v) is 12.1. The molecule has 13 heteroatoms. The Labute approximate surface area is 134 Å². The maximum absolute atomic E-state index is 12.4. The van der Waals surface area contributed by atoms with E-state index in [0.717, 1.165) is 12.1 Å². The lowest BCUT2D eigenvalue weighted by molar-refractivity contribution is -0.394. The number of hydrogen-bond donors (Lipinski definition) is 1. The van der Waals surface area contributed by atoms with E-state index >= 15 is 0 Å². The number of thiazole rings is 1. The standard InChI is InChI=1S/C11H5F3N4O5S/c12-11(13,14)8-4-24-10(15-8)16-9(19)5-1-6(17(20)21)3-7(2-5)18(22)23/h1-4H,(H,15,16,19). The summed E-state index contributed by atoms with van der Waals surface area (Å²) in [4.78, 5) is 34.7. The predicted molar refractivity (Wildman–Crippen MR) is 74.8 cm³/mol. The Morgan fingerprint density at radius 3 is 2.08 bits per heavy atom. The number of halogens is 3. The van der Waals surface area contributed by atoms with Gasteiger partial charge < -0.3 is 0 Å². The average molecular weight is 362 g/mol. The summed E-state index contributed by atoms with van der Waals surface area (Å²) in [7, 11) is 0. The summed E-state index contributed by atoms with van der Waals surface area (Å²) in [5.41, 5.74) is -3.08. The molecule has 0 saturated heterocycles. The van der Waals surface area contributed by atoms with Crippen LogP contribution in [0.15, 0.2) is 23.6 Å². The van der Waals surface area contributed by atoms with Crippen molar-refractivity contribution in [1.29, 1.82) is 0 Å². The molecule has 0 aliphatic rings. The van der Waals surface area contributed by atoms with Crippen molar-refractivity contribution in [3.05, 3.63) is 55.1 Å². The summed E-state index contributed by atoms with van der Waals surface area (Å²) in [5, 5.41) is 23.8. The van der Waals surface area contributed by atoms with E-state index in [4.69, 9.17) is 0 Å². The van der Waals surface area contributed by atoms with Crippen LogP contribution in [-0.4, -0.2) is 20.7 Å². The number of carbonyl (C=O) groups excluding carboxylic acids is 1. The van der Waals surface area contributed by atoms with Crippen molar-refractivity contribution in [2.24, 2.45) is 0 Å². The minimum atomic E-state index is -4.69. The van der Waals surface area contributed by atoms with Gasteiger partial charge in [0.25, 0.3) is 17.3 Å². The highest BCUT2D eigenvalue weighted by Gasteiger charge is 2.34. The third-order valence-corrected chi connectivity index (χ3v) is 3.36. The molecule has 9 nitrogen and oxygen atoms in total. The van der Waals surface area contributed by atoms with Crippen LogP contribution in [0, 0.1) is 20.2 Å². The molecule has 126 valence electrons. The van der Waals surface area contributed by atoms with Crippen LogP contribution in [0.3, 0.4) is 0 Å². The van der Waals surface area contributed by atoms with E-state index in [2.05, 4.69) is 4.98 Å². The van der Waals surface area contributed by atoms with Gasteiger partial charge in [0, 0.05) is 17.5 Å². The number of alkyl halides is 3. The summed E-state index contributed by atoms with van der Waals surface area (Å²) < 4.78 is 37.3. The Morgan fingerprint density at radius 2 is 1.67 bits per heavy atom. The lowest BCUT2D eigenvalue weighted by atomic mass is 10.1. The minimum Gasteiger partial charge on any atom is -0.298 e. The van der Waals surface area contributed by atoms with Crippen LogP contribution in [-0.2, 0) is 6.18 Å². The fourth-order valence-corrected chi connectivity index (χ4v) is 2.28. The highest BCUT2D eigenvalue weighted by atomic mass is 32.1. The van der Waals surface area contributed by atoms with Gasteiger partial charge in [-0.05, 0) is 0 Å². The zero-order chi connectivity index (χ0) is 18.1. The van der Waals surface area contributed by atoms with Crippen LogP contribution in [0.25, 0.3) is 0 Å². The molecular formula is C11H5F3N4O5S. The zero-order valence-electron chi connectivity index (χ0n) is 11.2. The van der Waals surface area contributed by atoms with Crippen molar-refractivity contribution in [3.63, 3.8) is 0 Å². The molecule has 0 spiro atoms. The lowest BCUT2D eigenvalue weighted by Gasteiger charge is -2.03. The summed E-state index contributed by atoms with van der Waals surface area (Å²) in [6.07, 6.45) is -4.69. The molecule has 1 N–H and O–H groups in total. The van der Waals surface area contributed by atoms with Crippen molar-refractivity contribution in [1.82, 2.24) is 4.98 Å². The van der Waals surface area contributed by atoms with Gasteiger partial charge in [0.05, 0.1) is 21.5 Å². The number of nitrogens with zero attached hydrogens (tertiary/aromatic N) is 3. The molecule has 24 heavy (non-hydrogen) atoms. The van der Waals surface area contributed by atoms with Gasteiger partial charge in [-0.15, -0.1) is 11.3 Å². The van der Waals surface area contributed by atoms with Gasteiger partial charge in [-0.3, -0.25) is 30.3 Å². The number of nitrogens with one attached hydrogen (secondary N) is 1.